The number of aliphatic hydroxyl groups excluding tert-OH is 1. The molecule has 0 radical (unpaired) electrons. The summed E-state index contributed by atoms with van der Waals surface area (Å²) >= 11 is 1.50. The number of aromatic nitrogens is 3. The van der Waals surface area contributed by atoms with Crippen LogP contribution >= 0.6 is 11.3 Å². The number of carbonyl (C=O) groups excluding carboxylic acids is 1. The molecule has 1 N–H and O–H groups in total. The van der Waals surface area contributed by atoms with Gasteiger partial charge in [-0.05, 0) is 6.92 Å². The summed E-state index contributed by atoms with van der Waals surface area (Å²) < 4.78 is 1.46. The van der Waals surface area contributed by atoms with E-state index in [4.69, 9.17) is 5.11 Å². The second kappa shape index (κ2) is 4.15. The number of hydrogen-bond donors (Lipinski definition) is 1. The summed E-state index contributed by atoms with van der Waals surface area (Å²) in [7, 11) is 1.67. The zero-order valence-corrected chi connectivity index (χ0v) is 9.78. The van der Waals surface area contributed by atoms with Crippen molar-refractivity contribution in [3.8, 4) is 10.6 Å². The first-order valence-electron chi connectivity index (χ1n) is 4.72. The third-order valence-corrected chi connectivity index (χ3v) is 3.14. The van der Waals surface area contributed by atoms with E-state index in [9.17, 15) is 4.79 Å². The van der Waals surface area contributed by atoms with E-state index >= 15 is 0 Å². The Labute approximate surface area is 96.4 Å². The van der Waals surface area contributed by atoms with Gasteiger partial charge in [-0.1, -0.05) is 0 Å². The van der Waals surface area contributed by atoms with Gasteiger partial charge in [-0.2, -0.15) is 5.10 Å². The highest BCUT2D eigenvalue weighted by atomic mass is 32.1. The van der Waals surface area contributed by atoms with Crippen molar-refractivity contribution in [2.24, 2.45) is 7.05 Å². The predicted octanol–water partition coefficient (Wildman–Crippen LogP) is 1.03. The number of hydrogen-bond acceptors (Lipinski definition) is 5. The molecule has 2 aromatic rings. The Morgan fingerprint density at radius 3 is 2.88 bits per heavy atom. The fourth-order valence-electron chi connectivity index (χ4n) is 1.48. The topological polar surface area (TPSA) is 68.0 Å². The zero-order chi connectivity index (χ0) is 11.7. The molecular formula is C10H11N3O2S. The molecule has 0 amide bonds. The van der Waals surface area contributed by atoms with Gasteiger partial charge in [0.2, 0.25) is 5.78 Å². The van der Waals surface area contributed by atoms with Gasteiger partial charge < -0.3 is 5.11 Å². The molecule has 0 bridgehead atoms. The number of aryl methyl sites for hydroxylation is 2. The molecule has 0 saturated carbocycles. The van der Waals surface area contributed by atoms with Crippen LogP contribution in [0.4, 0.5) is 0 Å². The first-order valence-corrected chi connectivity index (χ1v) is 5.54. The number of nitrogens with zero attached hydrogens (tertiary/aromatic N) is 3. The van der Waals surface area contributed by atoms with Crippen molar-refractivity contribution in [3.63, 3.8) is 0 Å². The van der Waals surface area contributed by atoms with Crippen LogP contribution in [-0.2, 0) is 7.05 Å². The van der Waals surface area contributed by atoms with Gasteiger partial charge in [-0.15, -0.1) is 11.3 Å². The molecule has 2 heterocycles. The van der Waals surface area contributed by atoms with E-state index in [2.05, 4.69) is 10.1 Å². The molecule has 84 valence electrons. The van der Waals surface area contributed by atoms with Crippen LogP contribution in [0.25, 0.3) is 10.6 Å². The van der Waals surface area contributed by atoms with Crippen molar-refractivity contribution >= 4 is 17.1 Å². The van der Waals surface area contributed by atoms with E-state index < -0.39 is 6.61 Å². The van der Waals surface area contributed by atoms with Crippen LogP contribution in [0.2, 0.25) is 0 Å². The maximum Gasteiger partial charge on any atom is 0.206 e. The van der Waals surface area contributed by atoms with Crippen molar-refractivity contribution < 1.29 is 9.90 Å². The van der Waals surface area contributed by atoms with Gasteiger partial charge in [-0.25, -0.2) is 4.98 Å². The summed E-state index contributed by atoms with van der Waals surface area (Å²) in [5.74, 6) is -0.345. The van der Waals surface area contributed by atoms with Gasteiger partial charge in [0.15, 0.2) is 0 Å². The van der Waals surface area contributed by atoms with Crippen molar-refractivity contribution in [2.75, 3.05) is 6.61 Å². The number of aliphatic hydroxyl groups is 1. The third kappa shape index (κ3) is 1.77. The maximum atomic E-state index is 11.6. The van der Waals surface area contributed by atoms with Crippen LogP contribution in [0, 0.1) is 6.92 Å². The third-order valence-electron chi connectivity index (χ3n) is 2.20. The van der Waals surface area contributed by atoms with Crippen LogP contribution in [-0.4, -0.2) is 32.3 Å². The summed E-state index contributed by atoms with van der Waals surface area (Å²) in [5.41, 5.74) is 1.08. The minimum atomic E-state index is -0.517. The molecular weight excluding hydrogens is 226 g/mol. The van der Waals surface area contributed by atoms with Crippen molar-refractivity contribution in [1.29, 1.82) is 0 Å². The van der Waals surface area contributed by atoms with E-state index in [-0.39, 0.29) is 5.78 Å². The van der Waals surface area contributed by atoms with Crippen LogP contribution < -0.4 is 0 Å². The van der Waals surface area contributed by atoms with E-state index in [1.165, 1.54) is 16.0 Å². The van der Waals surface area contributed by atoms with Crippen LogP contribution in [0.15, 0.2) is 12.4 Å². The van der Waals surface area contributed by atoms with Gasteiger partial charge >= 0.3 is 0 Å². The molecule has 2 aromatic heterocycles. The monoisotopic (exact) mass is 237 g/mol. The number of carbonyl (C=O) groups is 1. The van der Waals surface area contributed by atoms with E-state index in [0.717, 1.165) is 9.88 Å². The molecule has 0 saturated heterocycles. The molecule has 0 aromatic carbocycles. The second-order valence-corrected chi connectivity index (χ2v) is 4.62. The van der Waals surface area contributed by atoms with Crippen LogP contribution in [0.5, 0.6) is 0 Å². The minimum absolute atomic E-state index is 0.345. The number of rotatable bonds is 3. The van der Waals surface area contributed by atoms with E-state index in [1.807, 2.05) is 6.92 Å². The minimum Gasteiger partial charge on any atom is -0.388 e. The highest BCUT2D eigenvalue weighted by Gasteiger charge is 2.19. The quantitative estimate of drug-likeness (QED) is 0.809. The molecule has 0 fully saturated rings. The molecule has 0 atom stereocenters. The lowest BCUT2D eigenvalue weighted by molar-refractivity contribution is 0.0895. The molecule has 0 spiro atoms. The Bertz CT molecular complexity index is 530. The second-order valence-electron chi connectivity index (χ2n) is 3.39. The van der Waals surface area contributed by atoms with Crippen molar-refractivity contribution in [3.05, 3.63) is 23.0 Å². The Kier molecular flexibility index (Phi) is 2.84. The molecule has 0 aliphatic heterocycles. The molecule has 0 aliphatic carbocycles. The Morgan fingerprint density at radius 2 is 2.31 bits per heavy atom. The first-order chi connectivity index (χ1) is 7.63. The maximum absolute atomic E-state index is 11.6. The summed E-state index contributed by atoms with van der Waals surface area (Å²) in [6, 6.07) is 0. The Balaban J connectivity index is 2.53. The summed E-state index contributed by atoms with van der Waals surface area (Å²) in [6.45, 7) is 1.43. The van der Waals surface area contributed by atoms with Gasteiger partial charge in [0.25, 0.3) is 0 Å². The number of thiazole rings is 1. The smallest absolute Gasteiger partial charge is 0.206 e. The molecule has 0 unspecified atom stereocenters. The lowest BCUT2D eigenvalue weighted by atomic mass is 10.2. The predicted molar refractivity (Wildman–Crippen MR) is 60.5 cm³/mol. The van der Waals surface area contributed by atoms with Gasteiger partial charge in [0.1, 0.15) is 17.3 Å². The largest absolute Gasteiger partial charge is 0.388 e. The van der Waals surface area contributed by atoms with E-state index in [0.29, 0.717) is 11.3 Å². The Hall–Kier alpha value is -1.53. The average Bonchev–Trinajstić information content (AvgIpc) is 2.83. The normalized spacial score (nSPS) is 10.7. The number of Topliss-reactive ketones (excluding diaryl/α,β-unsaturated/α-hetero) is 1. The van der Waals surface area contributed by atoms with Crippen molar-refractivity contribution in [1.82, 2.24) is 14.8 Å². The fourth-order valence-corrected chi connectivity index (χ4v) is 2.25. The molecule has 6 heteroatoms. The number of ketones is 1. The first kappa shape index (κ1) is 11.0. The lowest BCUT2D eigenvalue weighted by Gasteiger charge is -2.00. The lowest BCUT2D eigenvalue weighted by Crippen LogP contribution is -2.11. The Morgan fingerprint density at radius 1 is 1.56 bits per heavy atom. The highest BCUT2D eigenvalue weighted by Crippen LogP contribution is 2.27. The van der Waals surface area contributed by atoms with E-state index in [1.54, 1.807) is 19.4 Å². The summed E-state index contributed by atoms with van der Waals surface area (Å²) in [5, 5.41) is 13.7. The molecule has 16 heavy (non-hydrogen) atoms. The fraction of sp³-hybridized carbons (Fsp3) is 0.300. The van der Waals surface area contributed by atoms with Crippen LogP contribution in [0.3, 0.4) is 0 Å². The summed E-state index contributed by atoms with van der Waals surface area (Å²) in [6.07, 6.45) is 3.35. The zero-order valence-electron chi connectivity index (χ0n) is 8.97. The van der Waals surface area contributed by atoms with Gasteiger partial charge in [-0.3, -0.25) is 9.48 Å². The molecule has 0 aliphatic rings. The van der Waals surface area contributed by atoms with Crippen LogP contribution in [0.1, 0.15) is 15.4 Å². The summed E-state index contributed by atoms with van der Waals surface area (Å²) in [4.78, 5) is 16.8. The average molecular weight is 237 g/mol. The molecule has 5 nitrogen and oxygen atoms in total. The van der Waals surface area contributed by atoms with Gasteiger partial charge in [0.05, 0.1) is 11.8 Å². The standard InChI is InChI=1S/C10H11N3O2S/c1-6-3-11-10(16-6)7-4-12-13(2)9(7)8(15)5-14/h3-4,14H,5H2,1-2H3. The molecule has 2 rings (SSSR count). The SMILES string of the molecule is Cc1cnc(-c2cnn(C)c2C(=O)CO)s1. The van der Waals surface area contributed by atoms with Gasteiger partial charge in [0, 0.05) is 18.1 Å². The highest BCUT2D eigenvalue weighted by molar-refractivity contribution is 7.15. The van der Waals surface area contributed by atoms with Crippen molar-refractivity contribution in [2.45, 2.75) is 6.92 Å².